The summed E-state index contributed by atoms with van der Waals surface area (Å²) in [4.78, 5) is 0. The second-order valence-corrected chi connectivity index (χ2v) is 4.33. The summed E-state index contributed by atoms with van der Waals surface area (Å²) in [6.45, 7) is 4.38. The van der Waals surface area contributed by atoms with Crippen LogP contribution in [-0.2, 0) is 6.42 Å². The Hall–Kier alpha value is -1.61. The summed E-state index contributed by atoms with van der Waals surface area (Å²) in [5, 5.41) is 13.3. The summed E-state index contributed by atoms with van der Waals surface area (Å²) in [5.74, 6) is 0. The SMILES string of the molecule is Cc1cccc(-n2ncc(CCCO)c2C)c1. The fourth-order valence-corrected chi connectivity index (χ4v) is 1.98. The molecular formula is C14H18N2O. The maximum atomic E-state index is 8.85. The highest BCUT2D eigenvalue weighted by atomic mass is 16.2. The maximum Gasteiger partial charge on any atom is 0.0651 e. The molecule has 1 aromatic heterocycles. The van der Waals surface area contributed by atoms with Crippen LogP contribution in [0.25, 0.3) is 5.69 Å². The molecule has 0 radical (unpaired) electrons. The average molecular weight is 230 g/mol. The van der Waals surface area contributed by atoms with Gasteiger partial charge in [0, 0.05) is 12.3 Å². The minimum atomic E-state index is 0.231. The van der Waals surface area contributed by atoms with Crippen LogP contribution < -0.4 is 0 Å². The number of hydrogen-bond donors (Lipinski definition) is 1. The fourth-order valence-electron chi connectivity index (χ4n) is 1.98. The Morgan fingerprint density at radius 2 is 2.12 bits per heavy atom. The van der Waals surface area contributed by atoms with E-state index < -0.39 is 0 Å². The molecule has 3 heteroatoms. The highest BCUT2D eigenvalue weighted by molar-refractivity contribution is 5.37. The number of hydrogen-bond acceptors (Lipinski definition) is 2. The van der Waals surface area contributed by atoms with Gasteiger partial charge < -0.3 is 5.11 Å². The minimum absolute atomic E-state index is 0.231. The number of aromatic nitrogens is 2. The molecule has 2 rings (SSSR count). The molecule has 0 fully saturated rings. The number of aliphatic hydroxyl groups excluding tert-OH is 1. The largest absolute Gasteiger partial charge is 0.396 e. The van der Waals surface area contributed by atoms with Crippen molar-refractivity contribution < 1.29 is 5.11 Å². The Kier molecular flexibility index (Phi) is 3.59. The first-order valence-corrected chi connectivity index (χ1v) is 5.94. The first-order chi connectivity index (χ1) is 8.22. The van der Waals surface area contributed by atoms with Crippen LogP contribution in [0.15, 0.2) is 30.5 Å². The predicted molar refractivity (Wildman–Crippen MR) is 68.4 cm³/mol. The van der Waals surface area contributed by atoms with Crippen molar-refractivity contribution in [2.75, 3.05) is 6.61 Å². The van der Waals surface area contributed by atoms with Gasteiger partial charge in [0.2, 0.25) is 0 Å². The summed E-state index contributed by atoms with van der Waals surface area (Å²) >= 11 is 0. The van der Waals surface area contributed by atoms with Gasteiger partial charge in [-0.15, -0.1) is 0 Å². The van der Waals surface area contributed by atoms with Gasteiger partial charge >= 0.3 is 0 Å². The topological polar surface area (TPSA) is 38.0 Å². The Labute approximate surface area is 102 Å². The van der Waals surface area contributed by atoms with Gasteiger partial charge in [-0.05, 0) is 49.9 Å². The summed E-state index contributed by atoms with van der Waals surface area (Å²) in [7, 11) is 0. The highest BCUT2D eigenvalue weighted by Crippen LogP contribution is 2.16. The molecule has 0 unspecified atom stereocenters. The van der Waals surface area contributed by atoms with Gasteiger partial charge in [0.1, 0.15) is 0 Å². The van der Waals surface area contributed by atoms with E-state index in [-0.39, 0.29) is 6.61 Å². The molecule has 0 amide bonds. The maximum absolute atomic E-state index is 8.85. The average Bonchev–Trinajstić information content (AvgIpc) is 2.68. The third-order valence-corrected chi connectivity index (χ3v) is 2.96. The summed E-state index contributed by atoms with van der Waals surface area (Å²) in [5.41, 5.74) is 4.69. The van der Waals surface area contributed by atoms with Gasteiger partial charge in [-0.3, -0.25) is 0 Å². The third kappa shape index (κ3) is 2.56. The molecule has 1 N–H and O–H groups in total. The molecule has 0 aliphatic heterocycles. The zero-order valence-electron chi connectivity index (χ0n) is 10.3. The molecule has 2 aromatic rings. The Morgan fingerprint density at radius 1 is 1.29 bits per heavy atom. The van der Waals surface area contributed by atoms with Gasteiger partial charge in [0.05, 0.1) is 11.9 Å². The molecule has 0 saturated carbocycles. The van der Waals surface area contributed by atoms with Gasteiger partial charge in [0.15, 0.2) is 0 Å². The fraction of sp³-hybridized carbons (Fsp3) is 0.357. The molecular weight excluding hydrogens is 212 g/mol. The lowest BCUT2D eigenvalue weighted by molar-refractivity contribution is 0.288. The van der Waals surface area contributed by atoms with E-state index in [1.807, 2.05) is 16.9 Å². The van der Waals surface area contributed by atoms with Crippen molar-refractivity contribution in [1.82, 2.24) is 9.78 Å². The zero-order chi connectivity index (χ0) is 12.3. The lowest BCUT2D eigenvalue weighted by Crippen LogP contribution is -2.00. The molecule has 0 atom stereocenters. The van der Waals surface area contributed by atoms with E-state index in [0.29, 0.717) is 0 Å². The minimum Gasteiger partial charge on any atom is -0.396 e. The van der Waals surface area contributed by atoms with E-state index in [4.69, 9.17) is 5.11 Å². The highest BCUT2D eigenvalue weighted by Gasteiger charge is 2.07. The Balaban J connectivity index is 2.30. The van der Waals surface area contributed by atoms with E-state index in [1.54, 1.807) is 0 Å². The molecule has 1 aromatic carbocycles. The molecule has 0 aliphatic carbocycles. The van der Waals surface area contributed by atoms with Crippen molar-refractivity contribution in [2.45, 2.75) is 26.7 Å². The van der Waals surface area contributed by atoms with Crippen molar-refractivity contribution >= 4 is 0 Å². The number of benzene rings is 1. The number of rotatable bonds is 4. The smallest absolute Gasteiger partial charge is 0.0651 e. The van der Waals surface area contributed by atoms with Crippen molar-refractivity contribution in [1.29, 1.82) is 0 Å². The Morgan fingerprint density at radius 3 is 2.82 bits per heavy atom. The van der Waals surface area contributed by atoms with Gasteiger partial charge in [-0.25, -0.2) is 4.68 Å². The predicted octanol–water partition coefficient (Wildman–Crippen LogP) is 2.41. The van der Waals surface area contributed by atoms with Crippen LogP contribution in [0, 0.1) is 13.8 Å². The van der Waals surface area contributed by atoms with Crippen LogP contribution in [0.1, 0.15) is 23.2 Å². The second-order valence-electron chi connectivity index (χ2n) is 4.33. The zero-order valence-corrected chi connectivity index (χ0v) is 10.3. The molecule has 0 spiro atoms. The third-order valence-electron chi connectivity index (χ3n) is 2.96. The molecule has 3 nitrogen and oxygen atoms in total. The van der Waals surface area contributed by atoms with E-state index in [1.165, 1.54) is 11.1 Å². The van der Waals surface area contributed by atoms with Crippen LogP contribution in [-0.4, -0.2) is 21.5 Å². The summed E-state index contributed by atoms with van der Waals surface area (Å²) < 4.78 is 1.96. The van der Waals surface area contributed by atoms with Gasteiger partial charge in [-0.1, -0.05) is 12.1 Å². The molecule has 0 bridgehead atoms. The normalized spacial score (nSPS) is 10.8. The van der Waals surface area contributed by atoms with Crippen LogP contribution >= 0.6 is 0 Å². The lowest BCUT2D eigenvalue weighted by Gasteiger charge is -2.06. The van der Waals surface area contributed by atoms with Crippen molar-refractivity contribution in [3.8, 4) is 5.69 Å². The van der Waals surface area contributed by atoms with Crippen molar-refractivity contribution in [2.24, 2.45) is 0 Å². The number of aliphatic hydroxyl groups is 1. The first kappa shape index (κ1) is 11.9. The molecule has 0 saturated heterocycles. The summed E-state index contributed by atoms with van der Waals surface area (Å²) in [6.07, 6.45) is 3.57. The number of nitrogens with zero attached hydrogens (tertiary/aromatic N) is 2. The molecule has 0 aliphatic rings. The van der Waals surface area contributed by atoms with E-state index >= 15 is 0 Å². The monoisotopic (exact) mass is 230 g/mol. The van der Waals surface area contributed by atoms with Gasteiger partial charge in [0.25, 0.3) is 0 Å². The lowest BCUT2D eigenvalue weighted by atomic mass is 10.1. The first-order valence-electron chi connectivity index (χ1n) is 5.94. The van der Waals surface area contributed by atoms with Crippen LogP contribution in [0.3, 0.4) is 0 Å². The van der Waals surface area contributed by atoms with Crippen LogP contribution in [0.2, 0.25) is 0 Å². The van der Waals surface area contributed by atoms with E-state index in [0.717, 1.165) is 24.2 Å². The second kappa shape index (κ2) is 5.15. The Bertz CT molecular complexity index is 503. The van der Waals surface area contributed by atoms with Gasteiger partial charge in [-0.2, -0.15) is 5.10 Å². The van der Waals surface area contributed by atoms with Crippen LogP contribution in [0.5, 0.6) is 0 Å². The van der Waals surface area contributed by atoms with Crippen molar-refractivity contribution in [3.05, 3.63) is 47.3 Å². The summed E-state index contributed by atoms with van der Waals surface area (Å²) in [6, 6.07) is 8.30. The van der Waals surface area contributed by atoms with Crippen LogP contribution in [0.4, 0.5) is 0 Å². The number of aryl methyl sites for hydroxylation is 2. The molecule has 17 heavy (non-hydrogen) atoms. The quantitative estimate of drug-likeness (QED) is 0.876. The van der Waals surface area contributed by atoms with Crippen molar-refractivity contribution in [3.63, 3.8) is 0 Å². The molecule has 1 heterocycles. The van der Waals surface area contributed by atoms with E-state index in [2.05, 4.69) is 37.1 Å². The standard InChI is InChI=1S/C14H18N2O/c1-11-5-3-7-14(9-11)16-12(2)13(10-15-16)6-4-8-17/h3,5,7,9-10,17H,4,6,8H2,1-2H3. The van der Waals surface area contributed by atoms with E-state index in [9.17, 15) is 0 Å². The molecule has 90 valence electrons.